The molecule has 0 radical (unpaired) electrons. The Labute approximate surface area is 162 Å². The highest BCUT2D eigenvalue weighted by Gasteiger charge is 2.37. The van der Waals surface area contributed by atoms with Gasteiger partial charge in [0.2, 0.25) is 5.91 Å². The molecular formula is C19H36F2N4O2. The molecule has 0 aromatic rings. The van der Waals surface area contributed by atoms with E-state index < -0.39 is 12.5 Å². The minimum absolute atomic E-state index is 0.0630. The van der Waals surface area contributed by atoms with Gasteiger partial charge in [0.05, 0.1) is 13.1 Å². The summed E-state index contributed by atoms with van der Waals surface area (Å²) >= 11 is 0. The van der Waals surface area contributed by atoms with Crippen LogP contribution in [-0.2, 0) is 9.53 Å². The monoisotopic (exact) mass is 390 g/mol. The number of hydrogen-bond acceptors (Lipinski definition) is 5. The molecule has 2 atom stereocenters. The molecule has 2 heterocycles. The van der Waals surface area contributed by atoms with Crippen LogP contribution in [0.15, 0.2) is 0 Å². The largest absolute Gasteiger partial charge is 0.378 e. The van der Waals surface area contributed by atoms with Crippen molar-refractivity contribution in [3.63, 3.8) is 0 Å². The number of ether oxygens (including phenoxy) is 1. The van der Waals surface area contributed by atoms with Crippen LogP contribution in [0.2, 0.25) is 0 Å². The zero-order valence-corrected chi connectivity index (χ0v) is 17.5. The van der Waals surface area contributed by atoms with Gasteiger partial charge in [-0.2, -0.15) is 0 Å². The maximum absolute atomic E-state index is 13.9. The van der Waals surface area contributed by atoms with Gasteiger partial charge in [-0.1, -0.05) is 0 Å². The lowest BCUT2D eigenvalue weighted by Crippen LogP contribution is -2.61. The first-order chi connectivity index (χ1) is 12.6. The number of halogens is 2. The van der Waals surface area contributed by atoms with E-state index in [0.717, 1.165) is 26.2 Å². The molecule has 0 spiro atoms. The van der Waals surface area contributed by atoms with E-state index in [4.69, 9.17) is 0 Å². The van der Waals surface area contributed by atoms with Crippen LogP contribution in [0.25, 0.3) is 0 Å². The van der Waals surface area contributed by atoms with Crippen molar-refractivity contribution >= 4 is 5.91 Å². The summed E-state index contributed by atoms with van der Waals surface area (Å²) in [4.78, 5) is 21.0. The quantitative estimate of drug-likeness (QED) is 0.654. The van der Waals surface area contributed by atoms with E-state index in [0.29, 0.717) is 25.7 Å². The summed E-state index contributed by atoms with van der Waals surface area (Å²) in [5.74, 6) is -2.70. The van der Waals surface area contributed by atoms with E-state index in [1.165, 1.54) is 7.11 Å². The van der Waals surface area contributed by atoms with Crippen molar-refractivity contribution in [1.29, 1.82) is 0 Å². The van der Waals surface area contributed by atoms with E-state index in [9.17, 15) is 13.6 Å². The highest BCUT2D eigenvalue weighted by Crippen LogP contribution is 2.21. The van der Waals surface area contributed by atoms with Crippen molar-refractivity contribution in [3.8, 4) is 0 Å². The minimum atomic E-state index is -2.84. The second-order valence-corrected chi connectivity index (χ2v) is 8.36. The molecule has 6 nitrogen and oxygen atoms in total. The van der Waals surface area contributed by atoms with Crippen LogP contribution in [0.4, 0.5) is 8.78 Å². The Hall–Kier alpha value is -0.830. The Morgan fingerprint density at radius 3 is 2.15 bits per heavy atom. The van der Waals surface area contributed by atoms with Crippen LogP contribution in [0, 0.1) is 0 Å². The fraction of sp³-hybridized carbons (Fsp3) is 0.947. The number of amides is 1. The Kier molecular flexibility index (Phi) is 7.97. The van der Waals surface area contributed by atoms with E-state index in [-0.39, 0.29) is 24.5 Å². The number of carbonyl (C=O) groups is 1. The van der Waals surface area contributed by atoms with E-state index in [1.807, 2.05) is 18.7 Å². The summed E-state index contributed by atoms with van der Waals surface area (Å²) in [7, 11) is 1.30. The zero-order valence-electron chi connectivity index (χ0n) is 17.5. The van der Waals surface area contributed by atoms with Crippen molar-refractivity contribution in [1.82, 2.24) is 19.6 Å². The highest BCUT2D eigenvalue weighted by atomic mass is 19.3. The molecule has 2 fully saturated rings. The van der Waals surface area contributed by atoms with Gasteiger partial charge < -0.3 is 9.64 Å². The molecule has 2 aliphatic heterocycles. The Morgan fingerprint density at radius 2 is 1.67 bits per heavy atom. The third-order valence-electron chi connectivity index (χ3n) is 5.70. The first kappa shape index (κ1) is 22.5. The molecule has 2 rings (SSSR count). The fourth-order valence-electron chi connectivity index (χ4n) is 4.23. The molecule has 27 heavy (non-hydrogen) atoms. The molecule has 2 aliphatic rings. The number of nitrogens with zero attached hydrogens (tertiary/aromatic N) is 4. The molecule has 0 bridgehead atoms. The van der Waals surface area contributed by atoms with Gasteiger partial charge >= 0.3 is 0 Å². The molecular weight excluding hydrogens is 354 g/mol. The fourth-order valence-corrected chi connectivity index (χ4v) is 4.23. The van der Waals surface area contributed by atoms with Gasteiger partial charge in [-0.3, -0.25) is 19.5 Å². The highest BCUT2D eigenvalue weighted by molar-refractivity contribution is 5.78. The molecule has 2 saturated heterocycles. The van der Waals surface area contributed by atoms with Crippen LogP contribution in [0.1, 0.15) is 27.7 Å². The minimum Gasteiger partial charge on any atom is -0.378 e. The van der Waals surface area contributed by atoms with Crippen molar-refractivity contribution in [2.24, 2.45) is 0 Å². The van der Waals surface area contributed by atoms with Crippen molar-refractivity contribution in [3.05, 3.63) is 0 Å². The Balaban J connectivity index is 1.85. The van der Waals surface area contributed by atoms with Gasteiger partial charge in [0.1, 0.15) is 6.61 Å². The SMILES string of the molecule is COCC(F)(F)CN1C[C@@H](C)N(CC(=O)N2CCN(C(C)C)CC2)[C@@H](C)C1. The van der Waals surface area contributed by atoms with Crippen LogP contribution in [-0.4, -0.2) is 116 Å². The van der Waals surface area contributed by atoms with E-state index in [1.54, 1.807) is 4.90 Å². The first-order valence-corrected chi connectivity index (χ1v) is 9.99. The smallest absolute Gasteiger partial charge is 0.283 e. The maximum Gasteiger partial charge on any atom is 0.283 e. The van der Waals surface area contributed by atoms with Crippen LogP contribution in [0.5, 0.6) is 0 Å². The topological polar surface area (TPSA) is 39.3 Å². The lowest BCUT2D eigenvalue weighted by atomic mass is 10.1. The molecule has 0 aromatic heterocycles. The third kappa shape index (κ3) is 6.34. The predicted molar refractivity (Wildman–Crippen MR) is 102 cm³/mol. The van der Waals surface area contributed by atoms with E-state index >= 15 is 0 Å². The first-order valence-electron chi connectivity index (χ1n) is 9.99. The summed E-state index contributed by atoms with van der Waals surface area (Å²) in [6.45, 7) is 12.3. The van der Waals surface area contributed by atoms with Gasteiger partial charge in [0, 0.05) is 64.5 Å². The predicted octanol–water partition coefficient (Wildman–Crippen LogP) is 1.22. The Morgan fingerprint density at radius 1 is 1.11 bits per heavy atom. The average molecular weight is 391 g/mol. The number of piperazine rings is 2. The summed E-state index contributed by atoms with van der Waals surface area (Å²) in [6.07, 6.45) is 0. The summed E-state index contributed by atoms with van der Waals surface area (Å²) in [5, 5.41) is 0. The summed E-state index contributed by atoms with van der Waals surface area (Å²) < 4.78 is 32.3. The van der Waals surface area contributed by atoms with Gasteiger partial charge in [-0.05, 0) is 27.7 Å². The van der Waals surface area contributed by atoms with E-state index in [2.05, 4.69) is 28.4 Å². The number of rotatable bonds is 7. The molecule has 1 amide bonds. The number of hydrogen-bond donors (Lipinski definition) is 0. The zero-order chi connectivity index (χ0) is 20.2. The van der Waals surface area contributed by atoms with Crippen LogP contribution >= 0.6 is 0 Å². The molecule has 0 aromatic carbocycles. The van der Waals surface area contributed by atoms with Crippen molar-refractivity contribution in [2.75, 3.05) is 66.1 Å². The lowest BCUT2D eigenvalue weighted by molar-refractivity contribution is -0.138. The van der Waals surface area contributed by atoms with Gasteiger partial charge in [-0.25, -0.2) is 8.78 Å². The van der Waals surface area contributed by atoms with Gasteiger partial charge in [0.25, 0.3) is 5.92 Å². The lowest BCUT2D eigenvalue weighted by Gasteiger charge is -2.45. The van der Waals surface area contributed by atoms with Crippen LogP contribution in [0.3, 0.4) is 0 Å². The second kappa shape index (κ2) is 9.58. The molecule has 0 N–H and O–H groups in total. The number of alkyl halides is 2. The molecule has 0 aliphatic carbocycles. The van der Waals surface area contributed by atoms with Gasteiger partial charge in [0.15, 0.2) is 0 Å². The third-order valence-corrected chi connectivity index (χ3v) is 5.70. The summed E-state index contributed by atoms with van der Waals surface area (Å²) in [5.41, 5.74) is 0. The number of methoxy groups -OCH3 is 1. The van der Waals surface area contributed by atoms with Crippen molar-refractivity contribution in [2.45, 2.75) is 51.7 Å². The normalized spacial score (nSPS) is 26.7. The molecule has 158 valence electrons. The van der Waals surface area contributed by atoms with Crippen molar-refractivity contribution < 1.29 is 18.3 Å². The average Bonchev–Trinajstić information content (AvgIpc) is 2.57. The second-order valence-electron chi connectivity index (χ2n) is 8.36. The van der Waals surface area contributed by atoms with Crippen LogP contribution < -0.4 is 0 Å². The molecule has 0 unspecified atom stereocenters. The molecule has 8 heteroatoms. The Bertz CT molecular complexity index is 472. The standard InChI is InChI=1S/C19H36F2N4O2/c1-15(2)23-6-8-24(9-7-23)18(26)12-25-16(3)10-22(11-17(25)4)13-19(20,21)14-27-5/h15-17H,6-14H2,1-5H3/t16-,17+. The summed E-state index contributed by atoms with van der Waals surface area (Å²) in [6, 6.07) is 0.632. The van der Waals surface area contributed by atoms with Gasteiger partial charge in [-0.15, -0.1) is 0 Å². The molecule has 0 saturated carbocycles. The maximum atomic E-state index is 13.9. The number of carbonyl (C=O) groups excluding carboxylic acids is 1.